The molecule has 1 saturated heterocycles. The predicted octanol–water partition coefficient (Wildman–Crippen LogP) is 2.05. The lowest BCUT2D eigenvalue weighted by molar-refractivity contribution is -0.128. The number of aromatic nitrogens is 1. The number of nitrogens with one attached hydrogen (secondary N) is 1. The molecule has 2 heterocycles. The van der Waals surface area contributed by atoms with Crippen molar-refractivity contribution < 1.29 is 4.79 Å². The van der Waals surface area contributed by atoms with E-state index in [0.29, 0.717) is 5.92 Å². The molecule has 17 heavy (non-hydrogen) atoms. The van der Waals surface area contributed by atoms with Gasteiger partial charge in [0.05, 0.1) is 5.69 Å². The Morgan fingerprint density at radius 2 is 2.35 bits per heavy atom. The van der Waals surface area contributed by atoms with Gasteiger partial charge in [-0.15, -0.1) is 11.3 Å². The van der Waals surface area contributed by atoms with Gasteiger partial charge in [0, 0.05) is 24.4 Å². The van der Waals surface area contributed by atoms with Crippen molar-refractivity contribution in [3.8, 4) is 0 Å². The molecule has 0 bridgehead atoms. The minimum Gasteiger partial charge on any atom is -0.350 e. The zero-order chi connectivity index (χ0) is 11.8. The first-order valence-corrected chi connectivity index (χ1v) is 7.16. The van der Waals surface area contributed by atoms with E-state index in [1.165, 1.54) is 18.5 Å². The molecular formula is C12H17N3OS. The average molecular weight is 251 g/mol. The number of likely N-dealkylation sites (N-methyl/N-ethyl adjacent to an activating group) is 1. The SMILES string of the molecule is CCN1CCC(Nc2nc(C3CC3)cs2)C1=O. The summed E-state index contributed by atoms with van der Waals surface area (Å²) in [6.07, 6.45) is 3.44. The van der Waals surface area contributed by atoms with Crippen LogP contribution in [-0.4, -0.2) is 34.9 Å². The van der Waals surface area contributed by atoms with Crippen LogP contribution in [0, 0.1) is 0 Å². The lowest BCUT2D eigenvalue weighted by Crippen LogP contribution is -2.33. The molecule has 0 radical (unpaired) electrons. The standard InChI is InChI=1S/C12H17N3OS/c1-2-15-6-5-9(11(15)16)13-12-14-10(7-17-12)8-3-4-8/h7-9H,2-6H2,1H3,(H,13,14). The van der Waals surface area contributed by atoms with E-state index in [-0.39, 0.29) is 11.9 Å². The second-order valence-electron chi connectivity index (χ2n) is 4.76. The number of likely N-dealkylation sites (tertiary alicyclic amines) is 1. The fraction of sp³-hybridized carbons (Fsp3) is 0.667. The first-order valence-electron chi connectivity index (χ1n) is 6.28. The fourth-order valence-corrected chi connectivity index (χ4v) is 3.10. The summed E-state index contributed by atoms with van der Waals surface area (Å²) in [4.78, 5) is 18.4. The number of thiazole rings is 1. The summed E-state index contributed by atoms with van der Waals surface area (Å²) < 4.78 is 0. The van der Waals surface area contributed by atoms with Crippen molar-refractivity contribution >= 4 is 22.4 Å². The quantitative estimate of drug-likeness (QED) is 0.891. The Bertz CT molecular complexity index is 427. The van der Waals surface area contributed by atoms with Gasteiger partial charge in [0.1, 0.15) is 6.04 Å². The normalized spacial score (nSPS) is 24.4. The molecule has 1 aromatic heterocycles. The van der Waals surface area contributed by atoms with Gasteiger partial charge in [0.2, 0.25) is 5.91 Å². The predicted molar refractivity (Wildman–Crippen MR) is 68.4 cm³/mol. The van der Waals surface area contributed by atoms with Crippen LogP contribution in [0.5, 0.6) is 0 Å². The number of hydrogen-bond donors (Lipinski definition) is 1. The molecule has 0 aromatic carbocycles. The molecule has 1 aromatic rings. The van der Waals surface area contributed by atoms with Crippen LogP contribution in [0.25, 0.3) is 0 Å². The molecule has 1 amide bonds. The van der Waals surface area contributed by atoms with Gasteiger partial charge in [-0.05, 0) is 26.2 Å². The molecule has 1 aliphatic carbocycles. The zero-order valence-electron chi connectivity index (χ0n) is 9.98. The van der Waals surface area contributed by atoms with Crippen molar-refractivity contribution in [3.63, 3.8) is 0 Å². The first-order chi connectivity index (χ1) is 8.28. The lowest BCUT2D eigenvalue weighted by atomic mass is 10.2. The van der Waals surface area contributed by atoms with Crippen LogP contribution in [0.3, 0.4) is 0 Å². The van der Waals surface area contributed by atoms with Crippen molar-refractivity contribution in [2.45, 2.75) is 38.1 Å². The number of rotatable bonds is 4. The smallest absolute Gasteiger partial charge is 0.245 e. The number of anilines is 1. The molecular weight excluding hydrogens is 234 g/mol. The van der Waals surface area contributed by atoms with Crippen molar-refractivity contribution in [1.82, 2.24) is 9.88 Å². The zero-order valence-corrected chi connectivity index (χ0v) is 10.8. The van der Waals surface area contributed by atoms with E-state index in [4.69, 9.17) is 0 Å². The maximum atomic E-state index is 11.9. The summed E-state index contributed by atoms with van der Waals surface area (Å²) in [6, 6.07) is -0.0619. The van der Waals surface area contributed by atoms with Crippen LogP contribution in [0.1, 0.15) is 37.8 Å². The molecule has 2 aliphatic rings. The molecule has 5 heteroatoms. The molecule has 1 saturated carbocycles. The van der Waals surface area contributed by atoms with E-state index in [2.05, 4.69) is 15.7 Å². The second kappa shape index (κ2) is 4.29. The molecule has 4 nitrogen and oxygen atoms in total. The van der Waals surface area contributed by atoms with Gasteiger partial charge < -0.3 is 10.2 Å². The number of amides is 1. The van der Waals surface area contributed by atoms with Crippen molar-refractivity contribution in [3.05, 3.63) is 11.1 Å². The Balaban J connectivity index is 1.64. The van der Waals surface area contributed by atoms with E-state index in [0.717, 1.165) is 24.6 Å². The van der Waals surface area contributed by atoms with Crippen LogP contribution in [0.15, 0.2) is 5.38 Å². The summed E-state index contributed by atoms with van der Waals surface area (Å²) in [5.41, 5.74) is 1.20. The molecule has 92 valence electrons. The minimum atomic E-state index is -0.0619. The summed E-state index contributed by atoms with van der Waals surface area (Å²) in [6.45, 7) is 3.70. The van der Waals surface area contributed by atoms with Crippen molar-refractivity contribution in [2.75, 3.05) is 18.4 Å². The summed E-state index contributed by atoms with van der Waals surface area (Å²) >= 11 is 1.62. The highest BCUT2D eigenvalue weighted by atomic mass is 32.1. The van der Waals surface area contributed by atoms with Gasteiger partial charge in [-0.2, -0.15) is 0 Å². The summed E-state index contributed by atoms with van der Waals surface area (Å²) in [5, 5.41) is 6.30. The Hall–Kier alpha value is -1.10. The topological polar surface area (TPSA) is 45.2 Å². The van der Waals surface area contributed by atoms with Gasteiger partial charge in [-0.25, -0.2) is 4.98 Å². The van der Waals surface area contributed by atoms with Crippen molar-refractivity contribution in [2.24, 2.45) is 0 Å². The maximum Gasteiger partial charge on any atom is 0.245 e. The molecule has 1 N–H and O–H groups in total. The van der Waals surface area contributed by atoms with Crippen LogP contribution in [0.2, 0.25) is 0 Å². The van der Waals surface area contributed by atoms with E-state index >= 15 is 0 Å². The highest BCUT2D eigenvalue weighted by molar-refractivity contribution is 7.13. The van der Waals surface area contributed by atoms with Gasteiger partial charge in [-0.1, -0.05) is 0 Å². The largest absolute Gasteiger partial charge is 0.350 e. The van der Waals surface area contributed by atoms with Crippen LogP contribution in [-0.2, 0) is 4.79 Å². The number of carbonyl (C=O) groups is 1. The highest BCUT2D eigenvalue weighted by Crippen LogP contribution is 2.41. The third-order valence-corrected chi connectivity index (χ3v) is 4.29. The minimum absolute atomic E-state index is 0.0619. The molecule has 0 spiro atoms. The molecule has 3 rings (SSSR count). The number of nitrogens with zero attached hydrogens (tertiary/aromatic N) is 2. The third kappa shape index (κ3) is 2.16. The first kappa shape index (κ1) is 11.0. The monoisotopic (exact) mass is 251 g/mol. The summed E-state index contributed by atoms with van der Waals surface area (Å²) in [7, 11) is 0. The molecule has 2 fully saturated rings. The van der Waals surface area contributed by atoms with Crippen LogP contribution >= 0.6 is 11.3 Å². The van der Waals surface area contributed by atoms with Gasteiger partial charge in [0.25, 0.3) is 0 Å². The molecule has 1 unspecified atom stereocenters. The Kier molecular flexibility index (Phi) is 2.78. The van der Waals surface area contributed by atoms with Gasteiger partial charge in [0.15, 0.2) is 5.13 Å². The Labute approximate surface area is 105 Å². The van der Waals surface area contributed by atoms with Crippen molar-refractivity contribution in [1.29, 1.82) is 0 Å². The van der Waals surface area contributed by atoms with E-state index in [1.807, 2.05) is 11.8 Å². The highest BCUT2D eigenvalue weighted by Gasteiger charge is 2.31. The number of hydrogen-bond acceptors (Lipinski definition) is 4. The van der Waals surface area contributed by atoms with Gasteiger partial charge >= 0.3 is 0 Å². The van der Waals surface area contributed by atoms with Gasteiger partial charge in [-0.3, -0.25) is 4.79 Å². The second-order valence-corrected chi connectivity index (χ2v) is 5.61. The molecule has 1 atom stereocenters. The van der Waals surface area contributed by atoms with E-state index in [9.17, 15) is 4.79 Å². The lowest BCUT2D eigenvalue weighted by Gasteiger charge is -2.13. The van der Waals surface area contributed by atoms with E-state index < -0.39 is 0 Å². The Morgan fingerprint density at radius 1 is 1.53 bits per heavy atom. The maximum absolute atomic E-state index is 11.9. The van der Waals surface area contributed by atoms with Crippen LogP contribution in [0.4, 0.5) is 5.13 Å². The Morgan fingerprint density at radius 3 is 3.00 bits per heavy atom. The third-order valence-electron chi connectivity index (χ3n) is 3.49. The average Bonchev–Trinajstić information content (AvgIpc) is 2.99. The van der Waals surface area contributed by atoms with Crippen LogP contribution < -0.4 is 5.32 Å². The fourth-order valence-electron chi connectivity index (χ4n) is 2.25. The van der Waals surface area contributed by atoms with E-state index in [1.54, 1.807) is 11.3 Å². The number of carbonyl (C=O) groups excluding carboxylic acids is 1. The molecule has 1 aliphatic heterocycles. The summed E-state index contributed by atoms with van der Waals surface area (Å²) in [5.74, 6) is 0.906.